The highest BCUT2D eigenvalue weighted by molar-refractivity contribution is 7.84. The van der Waals surface area contributed by atoms with Gasteiger partial charge in [-0.15, -0.1) is 10.2 Å². The predicted molar refractivity (Wildman–Crippen MR) is 57.5 cm³/mol. The van der Waals surface area contributed by atoms with Crippen molar-refractivity contribution in [2.45, 2.75) is 10.6 Å². The zero-order valence-corrected chi connectivity index (χ0v) is 9.45. The van der Waals surface area contributed by atoms with E-state index in [1.54, 1.807) is 23.7 Å². The van der Waals surface area contributed by atoms with E-state index in [0.717, 1.165) is 0 Å². The molecule has 16 heavy (non-hydrogen) atoms. The molecule has 0 aliphatic rings. The van der Waals surface area contributed by atoms with E-state index < -0.39 is 10.8 Å². The van der Waals surface area contributed by atoms with E-state index in [4.69, 9.17) is 0 Å². The number of rotatable bonds is 3. The van der Waals surface area contributed by atoms with Gasteiger partial charge in [-0.1, -0.05) is 6.07 Å². The van der Waals surface area contributed by atoms with Gasteiger partial charge in [-0.05, 0) is 18.2 Å². The summed E-state index contributed by atoms with van der Waals surface area (Å²) in [5.74, 6) is 0.464. The Morgan fingerprint density at radius 3 is 2.94 bits per heavy atom. The second-order valence-corrected chi connectivity index (χ2v) is 4.76. The molecule has 0 aliphatic heterocycles. The highest BCUT2D eigenvalue weighted by atomic mass is 32.2. The molecule has 0 saturated carbocycles. The van der Waals surface area contributed by atoms with Crippen molar-refractivity contribution < 1.29 is 8.60 Å². The van der Waals surface area contributed by atoms with Gasteiger partial charge in [0.2, 0.25) is 0 Å². The SMILES string of the molecule is Cn1cnnc1CS(=O)c1cccc(F)c1. The first-order valence-electron chi connectivity index (χ1n) is 4.63. The van der Waals surface area contributed by atoms with E-state index in [1.165, 1.54) is 18.5 Å². The molecular weight excluding hydrogens is 229 g/mol. The Hall–Kier alpha value is -1.56. The molecule has 1 aromatic heterocycles. The molecule has 0 saturated heterocycles. The van der Waals surface area contributed by atoms with Gasteiger partial charge >= 0.3 is 0 Å². The Bertz CT molecular complexity index is 526. The Labute approximate surface area is 94.6 Å². The molecule has 0 aliphatic carbocycles. The van der Waals surface area contributed by atoms with E-state index in [1.807, 2.05) is 0 Å². The summed E-state index contributed by atoms with van der Waals surface area (Å²) in [7, 11) is 0.479. The van der Waals surface area contributed by atoms with Gasteiger partial charge in [-0.25, -0.2) is 4.39 Å². The molecule has 0 fully saturated rings. The van der Waals surface area contributed by atoms with Crippen LogP contribution in [0.15, 0.2) is 35.5 Å². The molecule has 84 valence electrons. The fourth-order valence-electron chi connectivity index (χ4n) is 1.25. The van der Waals surface area contributed by atoms with Gasteiger partial charge in [0.05, 0.1) is 16.6 Å². The van der Waals surface area contributed by atoms with Crippen molar-refractivity contribution in [3.8, 4) is 0 Å². The Morgan fingerprint density at radius 1 is 1.50 bits per heavy atom. The molecule has 1 heterocycles. The molecule has 0 spiro atoms. The van der Waals surface area contributed by atoms with Crippen molar-refractivity contribution in [3.63, 3.8) is 0 Å². The lowest BCUT2D eigenvalue weighted by atomic mass is 10.4. The fourth-order valence-corrected chi connectivity index (χ4v) is 2.38. The molecule has 0 radical (unpaired) electrons. The number of nitrogens with zero attached hydrogens (tertiary/aromatic N) is 3. The molecule has 4 nitrogen and oxygen atoms in total. The third-order valence-electron chi connectivity index (χ3n) is 2.12. The number of aryl methyl sites for hydroxylation is 1. The van der Waals surface area contributed by atoms with Crippen LogP contribution in [0.5, 0.6) is 0 Å². The summed E-state index contributed by atoms with van der Waals surface area (Å²) in [4.78, 5) is 0.461. The summed E-state index contributed by atoms with van der Waals surface area (Å²) < 4.78 is 26.5. The maximum Gasteiger partial charge on any atom is 0.145 e. The van der Waals surface area contributed by atoms with Crippen LogP contribution in [-0.2, 0) is 23.6 Å². The van der Waals surface area contributed by atoms with Crippen molar-refractivity contribution in [2.75, 3.05) is 0 Å². The number of aromatic nitrogens is 3. The van der Waals surface area contributed by atoms with Crippen molar-refractivity contribution >= 4 is 10.8 Å². The summed E-state index contributed by atoms with van der Waals surface area (Å²) in [6.07, 6.45) is 1.54. The number of halogens is 1. The van der Waals surface area contributed by atoms with E-state index in [2.05, 4.69) is 10.2 Å². The first-order chi connectivity index (χ1) is 7.66. The molecule has 2 aromatic rings. The van der Waals surface area contributed by atoms with Crippen LogP contribution in [-0.4, -0.2) is 19.0 Å². The van der Waals surface area contributed by atoms with Crippen LogP contribution >= 0.6 is 0 Å². The first-order valence-corrected chi connectivity index (χ1v) is 5.95. The van der Waals surface area contributed by atoms with Gasteiger partial charge in [-0.2, -0.15) is 0 Å². The van der Waals surface area contributed by atoms with Crippen LogP contribution in [0, 0.1) is 5.82 Å². The molecule has 6 heteroatoms. The molecule has 2 rings (SSSR count). The monoisotopic (exact) mass is 239 g/mol. The van der Waals surface area contributed by atoms with Gasteiger partial charge in [0.15, 0.2) is 0 Å². The third-order valence-corrected chi connectivity index (χ3v) is 3.42. The normalized spacial score (nSPS) is 12.6. The number of hydrogen-bond acceptors (Lipinski definition) is 3. The highest BCUT2D eigenvalue weighted by Crippen LogP contribution is 2.11. The van der Waals surface area contributed by atoms with Gasteiger partial charge in [0.25, 0.3) is 0 Å². The average molecular weight is 239 g/mol. The summed E-state index contributed by atoms with van der Waals surface area (Å²) in [6, 6.07) is 5.77. The van der Waals surface area contributed by atoms with Crippen molar-refractivity contribution in [3.05, 3.63) is 42.2 Å². The van der Waals surface area contributed by atoms with Gasteiger partial charge in [0.1, 0.15) is 18.0 Å². The Morgan fingerprint density at radius 2 is 2.31 bits per heavy atom. The van der Waals surface area contributed by atoms with E-state index in [-0.39, 0.29) is 11.6 Å². The Balaban J connectivity index is 2.18. The quantitative estimate of drug-likeness (QED) is 0.810. The predicted octanol–water partition coefficient (Wildman–Crippen LogP) is 1.26. The fraction of sp³-hybridized carbons (Fsp3) is 0.200. The second-order valence-electron chi connectivity index (χ2n) is 3.31. The van der Waals surface area contributed by atoms with Crippen molar-refractivity contribution in [2.24, 2.45) is 7.05 Å². The van der Waals surface area contributed by atoms with Crippen LogP contribution in [0.1, 0.15) is 5.82 Å². The zero-order chi connectivity index (χ0) is 11.5. The molecular formula is C10H10FN3OS. The number of hydrogen-bond donors (Lipinski definition) is 0. The van der Waals surface area contributed by atoms with Crippen molar-refractivity contribution in [1.82, 2.24) is 14.8 Å². The highest BCUT2D eigenvalue weighted by Gasteiger charge is 2.09. The van der Waals surface area contributed by atoms with Crippen molar-refractivity contribution in [1.29, 1.82) is 0 Å². The first kappa shape index (κ1) is 10.9. The molecule has 0 N–H and O–H groups in total. The molecule has 0 amide bonds. The topological polar surface area (TPSA) is 47.8 Å². The van der Waals surface area contributed by atoms with E-state index in [9.17, 15) is 8.60 Å². The zero-order valence-electron chi connectivity index (χ0n) is 8.63. The van der Waals surface area contributed by atoms with Gasteiger partial charge in [0, 0.05) is 11.9 Å². The summed E-state index contributed by atoms with van der Waals surface area (Å²) >= 11 is 0. The minimum Gasteiger partial charge on any atom is -0.320 e. The van der Waals surface area contributed by atoms with Crippen LogP contribution in [0.25, 0.3) is 0 Å². The average Bonchev–Trinajstić information content (AvgIpc) is 2.64. The summed E-state index contributed by atoms with van der Waals surface area (Å²) in [5, 5.41) is 7.52. The molecule has 0 bridgehead atoms. The Kier molecular flexibility index (Phi) is 3.09. The largest absolute Gasteiger partial charge is 0.320 e. The maximum atomic E-state index is 12.9. The summed E-state index contributed by atoms with van der Waals surface area (Å²) in [5.41, 5.74) is 0. The second kappa shape index (κ2) is 4.52. The van der Waals surface area contributed by atoms with Gasteiger partial charge in [-0.3, -0.25) is 4.21 Å². The smallest absolute Gasteiger partial charge is 0.145 e. The summed E-state index contributed by atoms with van der Waals surface area (Å²) in [6.45, 7) is 0. The minimum atomic E-state index is -1.30. The van der Waals surface area contributed by atoms with Crippen LogP contribution in [0.3, 0.4) is 0 Å². The van der Waals surface area contributed by atoms with Crippen LogP contribution in [0.4, 0.5) is 4.39 Å². The molecule has 1 unspecified atom stereocenters. The van der Waals surface area contributed by atoms with Gasteiger partial charge < -0.3 is 4.57 Å². The number of benzene rings is 1. The van der Waals surface area contributed by atoms with E-state index >= 15 is 0 Å². The molecule has 1 atom stereocenters. The lowest BCUT2D eigenvalue weighted by Crippen LogP contribution is -2.03. The third kappa shape index (κ3) is 2.33. The maximum absolute atomic E-state index is 12.9. The minimum absolute atomic E-state index is 0.236. The standard InChI is InChI=1S/C10H10FN3OS/c1-14-7-12-13-10(14)6-16(15)9-4-2-3-8(11)5-9/h2-5,7H,6H2,1H3. The van der Waals surface area contributed by atoms with Crippen LogP contribution in [0.2, 0.25) is 0 Å². The lowest BCUT2D eigenvalue weighted by Gasteiger charge is -2.01. The van der Waals surface area contributed by atoms with E-state index in [0.29, 0.717) is 10.7 Å². The van der Waals surface area contributed by atoms with Crippen LogP contribution < -0.4 is 0 Å². The molecule has 1 aromatic carbocycles. The lowest BCUT2D eigenvalue weighted by molar-refractivity contribution is 0.622.